The summed E-state index contributed by atoms with van der Waals surface area (Å²) in [6, 6.07) is 7.52. The van der Waals surface area contributed by atoms with Gasteiger partial charge in [0.2, 0.25) is 0 Å². The zero-order valence-corrected chi connectivity index (χ0v) is 17.5. The molecule has 0 saturated heterocycles. The summed E-state index contributed by atoms with van der Waals surface area (Å²) >= 11 is 0. The van der Waals surface area contributed by atoms with Crippen LogP contribution in [-0.2, 0) is 12.8 Å². The van der Waals surface area contributed by atoms with E-state index >= 15 is 0 Å². The van der Waals surface area contributed by atoms with Crippen LogP contribution in [-0.4, -0.2) is 28.1 Å². The third-order valence-corrected chi connectivity index (χ3v) is 5.90. The number of alkyl halides is 3. The zero-order chi connectivity index (χ0) is 22.9. The number of carbonyl (C=O) groups excluding carboxylic acids is 1. The van der Waals surface area contributed by atoms with Crippen LogP contribution in [0, 0.1) is 6.92 Å². The monoisotopic (exact) mass is 448 g/mol. The number of aryl methyl sites for hydroxylation is 1. The molecule has 2 N–H and O–H groups in total. The molecule has 1 aromatic carbocycles. The number of amides is 1. The summed E-state index contributed by atoms with van der Waals surface area (Å²) < 4.78 is 50.8. The summed E-state index contributed by atoms with van der Waals surface area (Å²) in [6.45, 7) is 1.34. The second kappa shape index (κ2) is 8.46. The van der Waals surface area contributed by atoms with E-state index in [1.54, 1.807) is 25.1 Å². The first-order valence-corrected chi connectivity index (χ1v) is 10.3. The SMILES string of the molecule is Cc1oc2ccc(OCc3cccnc3C(F)(F)F)cc2c1C(=O)NC1(CCO)CCC1. The first kappa shape index (κ1) is 22.1. The maximum atomic E-state index is 13.2. The van der Waals surface area contributed by atoms with E-state index in [-0.39, 0.29) is 24.7 Å². The minimum atomic E-state index is -4.58. The van der Waals surface area contributed by atoms with Gasteiger partial charge in [0, 0.05) is 29.3 Å². The molecule has 2 heterocycles. The highest BCUT2D eigenvalue weighted by Crippen LogP contribution is 2.36. The van der Waals surface area contributed by atoms with Gasteiger partial charge in [-0.3, -0.25) is 9.78 Å². The Hall–Kier alpha value is -3.07. The molecule has 32 heavy (non-hydrogen) atoms. The van der Waals surface area contributed by atoms with Gasteiger partial charge in [0.15, 0.2) is 5.69 Å². The number of halogens is 3. The first-order chi connectivity index (χ1) is 15.2. The summed E-state index contributed by atoms with van der Waals surface area (Å²) in [4.78, 5) is 16.5. The van der Waals surface area contributed by atoms with E-state index in [0.717, 1.165) is 25.5 Å². The molecular weight excluding hydrogens is 425 g/mol. The van der Waals surface area contributed by atoms with Crippen molar-refractivity contribution in [2.45, 2.75) is 50.9 Å². The van der Waals surface area contributed by atoms with Gasteiger partial charge in [-0.1, -0.05) is 6.07 Å². The lowest BCUT2D eigenvalue weighted by Crippen LogP contribution is -2.54. The van der Waals surface area contributed by atoms with Crippen LogP contribution in [0.1, 0.15) is 53.1 Å². The smallest absolute Gasteiger partial charge is 0.433 e. The van der Waals surface area contributed by atoms with Gasteiger partial charge in [0.25, 0.3) is 5.91 Å². The lowest BCUT2D eigenvalue weighted by molar-refractivity contribution is -0.142. The predicted molar refractivity (Wildman–Crippen MR) is 110 cm³/mol. The van der Waals surface area contributed by atoms with Crippen molar-refractivity contribution in [2.75, 3.05) is 6.61 Å². The van der Waals surface area contributed by atoms with Gasteiger partial charge < -0.3 is 19.6 Å². The lowest BCUT2D eigenvalue weighted by atomic mass is 9.74. The molecule has 9 heteroatoms. The fourth-order valence-corrected chi connectivity index (χ4v) is 4.10. The third-order valence-electron chi connectivity index (χ3n) is 5.90. The second-order valence-corrected chi connectivity index (χ2v) is 8.05. The van der Waals surface area contributed by atoms with E-state index in [1.807, 2.05) is 0 Å². The summed E-state index contributed by atoms with van der Waals surface area (Å²) in [7, 11) is 0. The van der Waals surface area contributed by atoms with Crippen LogP contribution in [0.5, 0.6) is 5.75 Å². The Balaban J connectivity index is 1.58. The van der Waals surface area contributed by atoms with Gasteiger partial charge in [0.05, 0.1) is 5.56 Å². The van der Waals surface area contributed by atoms with E-state index in [2.05, 4.69) is 10.3 Å². The van der Waals surface area contributed by atoms with Crippen molar-refractivity contribution in [3.05, 3.63) is 59.1 Å². The van der Waals surface area contributed by atoms with Crippen molar-refractivity contribution < 1.29 is 32.2 Å². The van der Waals surface area contributed by atoms with Crippen molar-refractivity contribution in [3.63, 3.8) is 0 Å². The van der Waals surface area contributed by atoms with E-state index in [0.29, 0.717) is 34.5 Å². The van der Waals surface area contributed by atoms with Crippen LogP contribution in [0.4, 0.5) is 13.2 Å². The van der Waals surface area contributed by atoms with E-state index < -0.39 is 17.4 Å². The lowest BCUT2D eigenvalue weighted by Gasteiger charge is -2.42. The van der Waals surface area contributed by atoms with Gasteiger partial charge in [-0.05, 0) is 56.9 Å². The Morgan fingerprint density at radius 3 is 2.75 bits per heavy atom. The van der Waals surface area contributed by atoms with Gasteiger partial charge >= 0.3 is 6.18 Å². The highest BCUT2D eigenvalue weighted by atomic mass is 19.4. The van der Waals surface area contributed by atoms with Gasteiger partial charge in [0.1, 0.15) is 23.7 Å². The fourth-order valence-electron chi connectivity index (χ4n) is 4.10. The molecule has 6 nitrogen and oxygen atoms in total. The van der Waals surface area contributed by atoms with Crippen LogP contribution < -0.4 is 10.1 Å². The van der Waals surface area contributed by atoms with Crippen molar-refractivity contribution >= 4 is 16.9 Å². The van der Waals surface area contributed by atoms with E-state index in [9.17, 15) is 23.1 Å². The van der Waals surface area contributed by atoms with Crippen molar-refractivity contribution in [2.24, 2.45) is 0 Å². The molecule has 2 aromatic heterocycles. The van der Waals surface area contributed by atoms with Crippen LogP contribution in [0.25, 0.3) is 11.0 Å². The number of ether oxygens (including phenoxy) is 1. The summed E-state index contributed by atoms with van der Waals surface area (Å²) in [5, 5.41) is 12.9. The molecule has 170 valence electrons. The molecule has 1 fully saturated rings. The largest absolute Gasteiger partial charge is 0.489 e. The summed E-state index contributed by atoms with van der Waals surface area (Å²) in [5.41, 5.74) is -0.661. The number of aliphatic hydroxyl groups is 1. The van der Waals surface area contributed by atoms with Crippen molar-refractivity contribution in [1.29, 1.82) is 0 Å². The number of hydrogen-bond donors (Lipinski definition) is 2. The molecule has 1 aliphatic rings. The number of rotatable bonds is 7. The number of furan rings is 1. The maximum absolute atomic E-state index is 13.2. The topological polar surface area (TPSA) is 84.6 Å². The zero-order valence-electron chi connectivity index (χ0n) is 17.5. The Morgan fingerprint density at radius 1 is 1.31 bits per heavy atom. The van der Waals surface area contributed by atoms with Gasteiger partial charge in [-0.15, -0.1) is 0 Å². The van der Waals surface area contributed by atoms with Crippen molar-refractivity contribution in [3.8, 4) is 5.75 Å². The van der Waals surface area contributed by atoms with Crippen LogP contribution in [0.3, 0.4) is 0 Å². The molecule has 0 unspecified atom stereocenters. The van der Waals surface area contributed by atoms with E-state index in [1.165, 1.54) is 12.1 Å². The standard InChI is InChI=1S/C23H23F3N2O4/c1-14-19(21(30)28-22(9-11-29)7-3-8-22)17-12-16(5-6-18(17)32-14)31-13-15-4-2-10-27-20(15)23(24,25)26/h2,4-6,10,12,29H,3,7-9,11,13H2,1H3,(H,28,30). The van der Waals surface area contributed by atoms with Crippen LogP contribution in [0.15, 0.2) is 40.9 Å². The van der Waals surface area contributed by atoms with Crippen molar-refractivity contribution in [1.82, 2.24) is 10.3 Å². The number of nitrogens with one attached hydrogen (secondary N) is 1. The van der Waals surface area contributed by atoms with Crippen LogP contribution in [0.2, 0.25) is 0 Å². The minimum absolute atomic E-state index is 0.0162. The average molecular weight is 448 g/mol. The Morgan fingerprint density at radius 2 is 2.09 bits per heavy atom. The maximum Gasteiger partial charge on any atom is 0.433 e. The number of benzene rings is 1. The molecule has 0 spiro atoms. The first-order valence-electron chi connectivity index (χ1n) is 10.3. The Labute approximate surface area is 182 Å². The highest BCUT2D eigenvalue weighted by Gasteiger charge is 2.39. The number of carbonyl (C=O) groups is 1. The number of pyridine rings is 1. The molecule has 1 saturated carbocycles. The number of aromatic nitrogens is 1. The Bertz CT molecular complexity index is 1140. The van der Waals surface area contributed by atoms with Gasteiger partial charge in [-0.2, -0.15) is 13.2 Å². The Kier molecular flexibility index (Phi) is 5.85. The quantitative estimate of drug-likeness (QED) is 0.544. The molecule has 0 aliphatic heterocycles. The van der Waals surface area contributed by atoms with Gasteiger partial charge in [-0.25, -0.2) is 0 Å². The number of aliphatic hydroxyl groups excluding tert-OH is 1. The molecule has 0 atom stereocenters. The molecular formula is C23H23F3N2O4. The molecule has 4 rings (SSSR count). The van der Waals surface area contributed by atoms with Crippen LogP contribution >= 0.6 is 0 Å². The fraction of sp³-hybridized carbons (Fsp3) is 0.391. The molecule has 0 bridgehead atoms. The normalized spacial score (nSPS) is 15.4. The molecule has 1 aliphatic carbocycles. The van der Waals surface area contributed by atoms with E-state index in [4.69, 9.17) is 9.15 Å². The molecule has 3 aromatic rings. The minimum Gasteiger partial charge on any atom is -0.489 e. The number of nitrogens with zero attached hydrogens (tertiary/aromatic N) is 1. The average Bonchev–Trinajstić information content (AvgIpc) is 3.05. The highest BCUT2D eigenvalue weighted by molar-refractivity contribution is 6.07. The summed E-state index contributed by atoms with van der Waals surface area (Å²) in [6.07, 6.45) is -0.428. The predicted octanol–water partition coefficient (Wildman–Crippen LogP) is 4.77. The molecule has 0 radical (unpaired) electrons. The number of fused-ring (bicyclic) bond motifs is 1. The molecule has 1 amide bonds. The summed E-state index contributed by atoms with van der Waals surface area (Å²) in [5.74, 6) is 0.427. The second-order valence-electron chi connectivity index (χ2n) is 8.05. The number of hydrogen-bond acceptors (Lipinski definition) is 5. The third kappa shape index (κ3) is 4.29.